The van der Waals surface area contributed by atoms with Gasteiger partial charge in [0.25, 0.3) is 0 Å². The first-order chi connectivity index (χ1) is 6.35. The predicted molar refractivity (Wildman–Crippen MR) is 58.6 cm³/mol. The summed E-state index contributed by atoms with van der Waals surface area (Å²) in [6, 6.07) is 0. The monoisotopic (exact) mass is 180 g/mol. The third-order valence-electron chi connectivity index (χ3n) is 1.69. The van der Waals surface area contributed by atoms with Crippen LogP contribution in [0.2, 0.25) is 0 Å². The molecule has 0 saturated heterocycles. The van der Waals surface area contributed by atoms with Crippen LogP contribution in [-0.2, 0) is 0 Å². The molecular weight excluding hydrogens is 160 g/mol. The summed E-state index contributed by atoms with van der Waals surface area (Å²) in [5, 5.41) is 8.79. The minimum absolute atomic E-state index is 0.222. The molecule has 0 radical (unpaired) electrons. The summed E-state index contributed by atoms with van der Waals surface area (Å²) >= 11 is 0. The van der Waals surface area contributed by atoms with Crippen molar-refractivity contribution < 1.29 is 5.11 Å². The number of unbranched alkanes of at least 4 members (excludes halogenated alkanes) is 1. The van der Waals surface area contributed by atoms with Crippen LogP contribution in [0.5, 0.6) is 0 Å². The lowest BCUT2D eigenvalue weighted by atomic mass is 10.1. The van der Waals surface area contributed by atoms with Crippen LogP contribution in [0.1, 0.15) is 33.1 Å². The zero-order valence-electron chi connectivity index (χ0n) is 8.66. The molecule has 1 nitrogen and oxygen atoms in total. The molecule has 0 aliphatic carbocycles. The highest BCUT2D eigenvalue weighted by Crippen LogP contribution is 2.04. The Morgan fingerprint density at radius 3 is 2.69 bits per heavy atom. The number of allylic oxidation sites excluding steroid dienone is 5. The first kappa shape index (κ1) is 12.2. The Balaban J connectivity index is 4.08. The van der Waals surface area contributed by atoms with Gasteiger partial charge in [0.1, 0.15) is 0 Å². The van der Waals surface area contributed by atoms with Gasteiger partial charge in [0.05, 0.1) is 0 Å². The molecule has 0 aliphatic heterocycles. The van der Waals surface area contributed by atoms with Gasteiger partial charge in [-0.1, -0.05) is 43.7 Å². The highest BCUT2D eigenvalue weighted by molar-refractivity contribution is 5.23. The molecule has 0 aromatic heterocycles. The van der Waals surface area contributed by atoms with Crippen molar-refractivity contribution in [2.75, 3.05) is 6.61 Å². The molecule has 0 atom stereocenters. The van der Waals surface area contributed by atoms with Crippen molar-refractivity contribution in [3.05, 3.63) is 36.0 Å². The Labute approximate surface area is 81.5 Å². The molecule has 1 heteroatoms. The van der Waals surface area contributed by atoms with Crippen molar-refractivity contribution in [3.8, 4) is 0 Å². The van der Waals surface area contributed by atoms with Crippen LogP contribution in [-0.4, -0.2) is 11.7 Å². The molecule has 74 valence electrons. The van der Waals surface area contributed by atoms with Crippen LogP contribution in [0.25, 0.3) is 0 Å². The van der Waals surface area contributed by atoms with Gasteiger partial charge < -0.3 is 5.11 Å². The van der Waals surface area contributed by atoms with Crippen LogP contribution in [0.3, 0.4) is 0 Å². The van der Waals surface area contributed by atoms with Gasteiger partial charge >= 0.3 is 0 Å². The summed E-state index contributed by atoms with van der Waals surface area (Å²) in [6.45, 7) is 4.37. The van der Waals surface area contributed by atoms with Gasteiger partial charge in [-0.05, 0) is 25.3 Å². The molecule has 0 fully saturated rings. The molecule has 0 amide bonds. The van der Waals surface area contributed by atoms with Crippen LogP contribution in [0.4, 0.5) is 0 Å². The standard InChI is InChI=1S/C12H20O/c1-3-5-7-9-12(10-11-13)8-6-4-2/h4,6-9,13H,3,5,10-11H2,1-2H3/b6-4-,9-7+,12-8+. The zero-order chi connectivity index (χ0) is 9.94. The van der Waals surface area contributed by atoms with E-state index < -0.39 is 0 Å². The molecule has 0 unspecified atom stereocenters. The molecule has 0 bridgehead atoms. The van der Waals surface area contributed by atoms with Crippen LogP contribution in [0, 0.1) is 0 Å². The Morgan fingerprint density at radius 1 is 1.38 bits per heavy atom. The molecule has 1 N–H and O–H groups in total. The van der Waals surface area contributed by atoms with E-state index in [0.29, 0.717) is 0 Å². The average molecular weight is 180 g/mol. The molecule has 0 aliphatic rings. The van der Waals surface area contributed by atoms with E-state index in [-0.39, 0.29) is 6.61 Å². The molecule has 0 heterocycles. The first-order valence-corrected chi connectivity index (χ1v) is 4.94. The van der Waals surface area contributed by atoms with Crippen LogP contribution >= 0.6 is 0 Å². The first-order valence-electron chi connectivity index (χ1n) is 4.94. The third-order valence-corrected chi connectivity index (χ3v) is 1.69. The second-order valence-corrected chi connectivity index (χ2v) is 2.93. The normalized spacial score (nSPS) is 13.3. The molecule has 13 heavy (non-hydrogen) atoms. The summed E-state index contributed by atoms with van der Waals surface area (Å²) in [5.41, 5.74) is 1.19. The van der Waals surface area contributed by atoms with E-state index in [1.54, 1.807) is 0 Å². The number of aliphatic hydroxyl groups is 1. The minimum atomic E-state index is 0.222. The predicted octanol–water partition coefficient (Wildman–Crippen LogP) is 3.23. The summed E-state index contributed by atoms with van der Waals surface area (Å²) in [7, 11) is 0. The largest absolute Gasteiger partial charge is 0.396 e. The van der Waals surface area contributed by atoms with E-state index in [2.05, 4.69) is 19.1 Å². The number of hydrogen-bond acceptors (Lipinski definition) is 1. The fraction of sp³-hybridized carbons (Fsp3) is 0.500. The molecular formula is C12H20O. The van der Waals surface area contributed by atoms with Crippen molar-refractivity contribution in [1.29, 1.82) is 0 Å². The van der Waals surface area contributed by atoms with Gasteiger partial charge in [-0.3, -0.25) is 0 Å². The summed E-state index contributed by atoms with van der Waals surface area (Å²) in [4.78, 5) is 0. The van der Waals surface area contributed by atoms with Gasteiger partial charge in [-0.25, -0.2) is 0 Å². The van der Waals surface area contributed by atoms with Crippen molar-refractivity contribution in [1.82, 2.24) is 0 Å². The van der Waals surface area contributed by atoms with Crippen LogP contribution in [0.15, 0.2) is 36.0 Å². The fourth-order valence-corrected chi connectivity index (χ4v) is 0.973. The lowest BCUT2D eigenvalue weighted by Crippen LogP contribution is -1.84. The third kappa shape index (κ3) is 7.54. The topological polar surface area (TPSA) is 20.2 Å². The van der Waals surface area contributed by atoms with Crippen molar-refractivity contribution in [2.45, 2.75) is 33.1 Å². The maximum Gasteiger partial charge on any atom is 0.0471 e. The summed E-state index contributed by atoms with van der Waals surface area (Å²) in [5.74, 6) is 0. The lowest BCUT2D eigenvalue weighted by molar-refractivity contribution is 0.300. The smallest absolute Gasteiger partial charge is 0.0471 e. The summed E-state index contributed by atoms with van der Waals surface area (Å²) < 4.78 is 0. The van der Waals surface area contributed by atoms with Crippen molar-refractivity contribution in [2.24, 2.45) is 0 Å². The number of rotatable bonds is 6. The van der Waals surface area contributed by atoms with Crippen LogP contribution < -0.4 is 0 Å². The van der Waals surface area contributed by atoms with Gasteiger partial charge in [0, 0.05) is 6.61 Å². The van der Waals surface area contributed by atoms with E-state index in [0.717, 1.165) is 12.8 Å². The maximum absolute atomic E-state index is 8.79. The SMILES string of the molecule is C\C=C/C=C(\C=C\CCC)CCO. The lowest BCUT2D eigenvalue weighted by Gasteiger charge is -1.96. The second kappa shape index (κ2) is 9.27. The molecule has 0 aromatic carbocycles. The Morgan fingerprint density at radius 2 is 2.15 bits per heavy atom. The van der Waals surface area contributed by atoms with Gasteiger partial charge in [0.15, 0.2) is 0 Å². The summed E-state index contributed by atoms with van der Waals surface area (Å²) in [6.07, 6.45) is 13.3. The molecule has 0 saturated carbocycles. The number of hydrogen-bond donors (Lipinski definition) is 1. The highest BCUT2D eigenvalue weighted by atomic mass is 16.2. The van der Waals surface area contributed by atoms with E-state index >= 15 is 0 Å². The fourth-order valence-electron chi connectivity index (χ4n) is 0.973. The van der Waals surface area contributed by atoms with Crippen molar-refractivity contribution >= 4 is 0 Å². The van der Waals surface area contributed by atoms with Gasteiger partial charge in [0.2, 0.25) is 0 Å². The zero-order valence-corrected chi connectivity index (χ0v) is 8.66. The highest BCUT2D eigenvalue weighted by Gasteiger charge is 1.88. The Bertz CT molecular complexity index is 187. The maximum atomic E-state index is 8.79. The molecule has 0 spiro atoms. The minimum Gasteiger partial charge on any atom is -0.396 e. The second-order valence-electron chi connectivity index (χ2n) is 2.93. The van der Waals surface area contributed by atoms with E-state index in [1.165, 1.54) is 12.0 Å². The molecule has 0 aromatic rings. The Kier molecular flexibility index (Phi) is 8.68. The quantitative estimate of drug-likeness (QED) is 0.622. The number of aliphatic hydroxyl groups excluding tert-OH is 1. The average Bonchev–Trinajstić information content (AvgIpc) is 2.14. The van der Waals surface area contributed by atoms with Gasteiger partial charge in [-0.2, -0.15) is 0 Å². The van der Waals surface area contributed by atoms with E-state index in [9.17, 15) is 0 Å². The van der Waals surface area contributed by atoms with Gasteiger partial charge in [-0.15, -0.1) is 0 Å². The van der Waals surface area contributed by atoms with E-state index in [4.69, 9.17) is 5.11 Å². The Hall–Kier alpha value is -0.820. The van der Waals surface area contributed by atoms with E-state index in [1.807, 2.05) is 25.2 Å². The van der Waals surface area contributed by atoms with Crippen molar-refractivity contribution in [3.63, 3.8) is 0 Å². The molecule has 0 rings (SSSR count).